The predicted octanol–water partition coefficient (Wildman–Crippen LogP) is 1.40. The van der Waals surface area contributed by atoms with E-state index in [2.05, 4.69) is 18.9 Å². The Kier molecular flexibility index (Phi) is 5.36. The quantitative estimate of drug-likeness (QED) is 0.694. The molecule has 0 saturated heterocycles. The molecule has 0 aromatic carbocycles. The molecule has 1 heterocycles. The van der Waals surface area contributed by atoms with E-state index in [0.29, 0.717) is 19.1 Å². The van der Waals surface area contributed by atoms with Gasteiger partial charge in [0.05, 0.1) is 18.8 Å². The lowest BCUT2D eigenvalue weighted by Gasteiger charge is -2.08. The van der Waals surface area contributed by atoms with Crippen LogP contribution in [0, 0.1) is 5.92 Å². The van der Waals surface area contributed by atoms with Gasteiger partial charge in [0.2, 0.25) is 0 Å². The molecule has 0 aliphatic rings. The van der Waals surface area contributed by atoms with Gasteiger partial charge in [-0.1, -0.05) is 13.8 Å². The number of hydrogen-bond donors (Lipinski definition) is 1. The Bertz CT molecular complexity index is 271. The van der Waals surface area contributed by atoms with Gasteiger partial charge in [0, 0.05) is 19.3 Å². The average Bonchev–Trinajstić information content (AvgIpc) is 2.64. The normalized spacial score (nSPS) is 11.2. The maximum atomic E-state index is 5.56. The molecule has 1 rings (SSSR count). The van der Waals surface area contributed by atoms with Crippen molar-refractivity contribution >= 4 is 0 Å². The van der Waals surface area contributed by atoms with Crippen LogP contribution < -0.4 is 5.73 Å². The molecule has 0 aliphatic carbocycles. The van der Waals surface area contributed by atoms with Gasteiger partial charge in [0.1, 0.15) is 0 Å². The number of rotatable bonds is 7. The Balaban J connectivity index is 2.15. The van der Waals surface area contributed by atoms with Crippen molar-refractivity contribution in [2.24, 2.45) is 11.7 Å². The first-order chi connectivity index (χ1) is 7.24. The molecule has 0 spiro atoms. The maximum absolute atomic E-state index is 5.56. The van der Waals surface area contributed by atoms with Crippen LogP contribution >= 0.6 is 0 Å². The summed E-state index contributed by atoms with van der Waals surface area (Å²) < 4.78 is 7.41. The van der Waals surface area contributed by atoms with Gasteiger partial charge in [0.15, 0.2) is 0 Å². The number of nitrogens with two attached hydrogens (primary N) is 1. The van der Waals surface area contributed by atoms with Crippen molar-refractivity contribution in [1.82, 2.24) is 9.78 Å². The monoisotopic (exact) mass is 211 g/mol. The zero-order valence-electron chi connectivity index (χ0n) is 9.65. The van der Waals surface area contributed by atoms with E-state index < -0.39 is 0 Å². The lowest BCUT2D eigenvalue weighted by molar-refractivity contribution is 0.113. The zero-order chi connectivity index (χ0) is 11.1. The van der Waals surface area contributed by atoms with Crippen molar-refractivity contribution in [3.8, 4) is 0 Å². The van der Waals surface area contributed by atoms with Crippen molar-refractivity contribution < 1.29 is 4.74 Å². The minimum atomic E-state index is 0.534. The molecule has 0 unspecified atom stereocenters. The molecule has 15 heavy (non-hydrogen) atoms. The van der Waals surface area contributed by atoms with E-state index in [1.165, 1.54) is 0 Å². The van der Waals surface area contributed by atoms with Crippen LogP contribution in [0.2, 0.25) is 0 Å². The molecular formula is C11H21N3O. The maximum Gasteiger partial charge on any atom is 0.0662 e. The van der Waals surface area contributed by atoms with Crippen LogP contribution in [0.25, 0.3) is 0 Å². The molecule has 0 saturated carbocycles. The highest BCUT2D eigenvalue weighted by molar-refractivity contribution is 4.99. The lowest BCUT2D eigenvalue weighted by Crippen LogP contribution is -2.13. The number of ether oxygens (including phenoxy) is 1. The third-order valence-electron chi connectivity index (χ3n) is 2.30. The summed E-state index contributed by atoms with van der Waals surface area (Å²) in [5.74, 6) is 0.703. The molecule has 0 fully saturated rings. The second kappa shape index (κ2) is 6.58. The van der Waals surface area contributed by atoms with Gasteiger partial charge < -0.3 is 10.5 Å². The standard InChI is InChI=1S/C11H21N3O/c1-10(2)4-7-15-8-6-14-11(9-12)3-5-13-14/h3,5,10H,4,6-9,12H2,1-2H3. The van der Waals surface area contributed by atoms with Crippen LogP contribution in [0.1, 0.15) is 26.0 Å². The molecule has 1 aromatic rings. The number of hydrogen-bond acceptors (Lipinski definition) is 3. The molecule has 4 nitrogen and oxygen atoms in total. The van der Waals surface area contributed by atoms with Crippen LogP contribution in [-0.4, -0.2) is 23.0 Å². The fraction of sp³-hybridized carbons (Fsp3) is 0.727. The van der Waals surface area contributed by atoms with Gasteiger partial charge >= 0.3 is 0 Å². The summed E-state index contributed by atoms with van der Waals surface area (Å²) in [6.07, 6.45) is 2.89. The van der Waals surface area contributed by atoms with E-state index in [0.717, 1.165) is 25.3 Å². The summed E-state index contributed by atoms with van der Waals surface area (Å²) >= 11 is 0. The molecule has 0 atom stereocenters. The summed E-state index contributed by atoms with van der Waals surface area (Å²) in [5, 5.41) is 4.18. The zero-order valence-corrected chi connectivity index (χ0v) is 9.65. The third kappa shape index (κ3) is 4.44. The molecular weight excluding hydrogens is 190 g/mol. The Hall–Kier alpha value is -0.870. The van der Waals surface area contributed by atoms with Crippen molar-refractivity contribution in [3.63, 3.8) is 0 Å². The van der Waals surface area contributed by atoms with E-state index in [1.807, 2.05) is 10.7 Å². The Morgan fingerprint density at radius 1 is 1.47 bits per heavy atom. The molecule has 4 heteroatoms. The lowest BCUT2D eigenvalue weighted by atomic mass is 10.1. The van der Waals surface area contributed by atoms with Crippen molar-refractivity contribution in [2.45, 2.75) is 33.4 Å². The molecule has 1 aromatic heterocycles. The van der Waals surface area contributed by atoms with Crippen molar-refractivity contribution in [3.05, 3.63) is 18.0 Å². The predicted molar refractivity (Wildman–Crippen MR) is 60.4 cm³/mol. The van der Waals surface area contributed by atoms with E-state index >= 15 is 0 Å². The highest BCUT2D eigenvalue weighted by atomic mass is 16.5. The SMILES string of the molecule is CC(C)CCOCCn1nccc1CN. The molecule has 0 radical (unpaired) electrons. The highest BCUT2D eigenvalue weighted by Crippen LogP contribution is 2.00. The van der Waals surface area contributed by atoms with Crippen molar-refractivity contribution in [2.75, 3.05) is 13.2 Å². The first-order valence-electron chi connectivity index (χ1n) is 5.52. The van der Waals surface area contributed by atoms with Gasteiger partial charge in [0.25, 0.3) is 0 Å². The van der Waals surface area contributed by atoms with E-state index in [1.54, 1.807) is 6.20 Å². The Morgan fingerprint density at radius 2 is 2.27 bits per heavy atom. The summed E-state index contributed by atoms with van der Waals surface area (Å²) in [4.78, 5) is 0. The second-order valence-electron chi connectivity index (χ2n) is 4.04. The van der Waals surface area contributed by atoms with Crippen LogP contribution in [-0.2, 0) is 17.8 Å². The second-order valence-corrected chi connectivity index (χ2v) is 4.04. The fourth-order valence-corrected chi connectivity index (χ4v) is 1.31. The first-order valence-corrected chi connectivity index (χ1v) is 5.52. The summed E-state index contributed by atoms with van der Waals surface area (Å²) in [6, 6.07) is 1.94. The molecule has 0 amide bonds. The molecule has 2 N–H and O–H groups in total. The minimum Gasteiger partial charge on any atom is -0.380 e. The number of nitrogens with zero attached hydrogens (tertiary/aromatic N) is 2. The third-order valence-corrected chi connectivity index (χ3v) is 2.30. The van der Waals surface area contributed by atoms with Gasteiger partial charge in [-0.2, -0.15) is 5.10 Å². The summed E-state index contributed by atoms with van der Waals surface area (Å²) in [7, 11) is 0. The highest BCUT2D eigenvalue weighted by Gasteiger charge is 1.99. The van der Waals surface area contributed by atoms with Crippen molar-refractivity contribution in [1.29, 1.82) is 0 Å². The molecule has 0 bridgehead atoms. The van der Waals surface area contributed by atoms with E-state index in [4.69, 9.17) is 10.5 Å². The molecule has 86 valence electrons. The van der Waals surface area contributed by atoms with Crippen LogP contribution in [0.4, 0.5) is 0 Å². The van der Waals surface area contributed by atoms with Gasteiger partial charge in [-0.15, -0.1) is 0 Å². The van der Waals surface area contributed by atoms with E-state index in [9.17, 15) is 0 Å². The smallest absolute Gasteiger partial charge is 0.0662 e. The van der Waals surface area contributed by atoms with Gasteiger partial charge in [-0.25, -0.2) is 0 Å². The summed E-state index contributed by atoms with van der Waals surface area (Å²) in [6.45, 7) is 7.26. The Labute approximate surface area is 91.4 Å². The number of aromatic nitrogens is 2. The minimum absolute atomic E-state index is 0.534. The van der Waals surface area contributed by atoms with E-state index in [-0.39, 0.29) is 0 Å². The largest absolute Gasteiger partial charge is 0.380 e. The fourth-order valence-electron chi connectivity index (χ4n) is 1.31. The molecule has 0 aliphatic heterocycles. The average molecular weight is 211 g/mol. The van der Waals surface area contributed by atoms with Gasteiger partial charge in [-0.05, 0) is 18.4 Å². The topological polar surface area (TPSA) is 53.1 Å². The van der Waals surface area contributed by atoms with Crippen LogP contribution in [0.15, 0.2) is 12.3 Å². The van der Waals surface area contributed by atoms with Gasteiger partial charge in [-0.3, -0.25) is 4.68 Å². The van der Waals surface area contributed by atoms with Crippen LogP contribution in [0.5, 0.6) is 0 Å². The first kappa shape index (κ1) is 12.2. The Morgan fingerprint density at radius 3 is 2.93 bits per heavy atom. The summed E-state index contributed by atoms with van der Waals surface area (Å²) in [5.41, 5.74) is 6.62. The van der Waals surface area contributed by atoms with Crippen LogP contribution in [0.3, 0.4) is 0 Å².